The predicted octanol–water partition coefficient (Wildman–Crippen LogP) is 3.46. The average molecular weight is 316 g/mol. The molecular formula is C15H14BrN3. The van der Waals surface area contributed by atoms with E-state index in [4.69, 9.17) is 5.73 Å². The molecule has 3 aromatic rings. The summed E-state index contributed by atoms with van der Waals surface area (Å²) in [5, 5.41) is 1.20. The number of rotatable bonds is 2. The lowest BCUT2D eigenvalue weighted by Crippen LogP contribution is -1.98. The van der Waals surface area contributed by atoms with Crippen molar-refractivity contribution in [2.45, 2.75) is 6.54 Å². The minimum absolute atomic E-state index is 0.522. The van der Waals surface area contributed by atoms with E-state index in [2.05, 4.69) is 50.7 Å². The summed E-state index contributed by atoms with van der Waals surface area (Å²) in [5.74, 6) is 0. The summed E-state index contributed by atoms with van der Waals surface area (Å²) in [6, 6.07) is 12.4. The Morgan fingerprint density at radius 2 is 2.11 bits per heavy atom. The Morgan fingerprint density at radius 3 is 2.74 bits per heavy atom. The number of benzene rings is 1. The van der Waals surface area contributed by atoms with E-state index < -0.39 is 0 Å². The number of hydrogen-bond acceptors (Lipinski definition) is 2. The van der Waals surface area contributed by atoms with E-state index in [1.807, 2.05) is 24.4 Å². The monoisotopic (exact) mass is 315 g/mol. The number of aromatic nitrogens is 2. The molecule has 0 unspecified atom stereocenters. The summed E-state index contributed by atoms with van der Waals surface area (Å²) in [5.41, 5.74) is 9.90. The molecule has 0 fully saturated rings. The number of halogens is 1. The molecule has 0 spiro atoms. The van der Waals surface area contributed by atoms with Gasteiger partial charge in [-0.25, -0.2) is 0 Å². The second kappa shape index (κ2) is 4.79. The van der Waals surface area contributed by atoms with Gasteiger partial charge in [0.05, 0.1) is 11.4 Å². The number of fused-ring (bicyclic) bond motifs is 1. The van der Waals surface area contributed by atoms with Crippen molar-refractivity contribution in [2.75, 3.05) is 0 Å². The highest BCUT2D eigenvalue weighted by Gasteiger charge is 2.10. The molecule has 0 atom stereocenters. The van der Waals surface area contributed by atoms with Crippen LogP contribution in [0.3, 0.4) is 0 Å². The SMILES string of the molecule is Cn1c(-c2ccc(CN)cn2)cc2c(Br)cccc21. The van der Waals surface area contributed by atoms with Crippen LogP contribution in [0.1, 0.15) is 5.56 Å². The van der Waals surface area contributed by atoms with Crippen molar-refractivity contribution in [3.8, 4) is 11.4 Å². The molecule has 2 N–H and O–H groups in total. The highest BCUT2D eigenvalue weighted by Crippen LogP contribution is 2.30. The van der Waals surface area contributed by atoms with Gasteiger partial charge in [-0.15, -0.1) is 0 Å². The molecule has 0 aliphatic rings. The molecule has 0 saturated carbocycles. The molecular weight excluding hydrogens is 302 g/mol. The number of nitrogens with two attached hydrogens (primary N) is 1. The van der Waals surface area contributed by atoms with Gasteiger partial charge in [-0.2, -0.15) is 0 Å². The standard InChI is InChI=1S/C15H14BrN3/c1-19-14-4-2-3-12(16)11(14)7-15(19)13-6-5-10(8-17)9-18-13/h2-7,9H,8,17H2,1H3. The second-order valence-corrected chi connectivity index (χ2v) is 5.37. The molecule has 3 nitrogen and oxygen atoms in total. The van der Waals surface area contributed by atoms with Crippen LogP contribution in [0, 0.1) is 0 Å². The lowest BCUT2D eigenvalue weighted by molar-refractivity contribution is 0.966. The van der Waals surface area contributed by atoms with E-state index in [0.29, 0.717) is 6.54 Å². The Kier molecular flexibility index (Phi) is 3.12. The lowest BCUT2D eigenvalue weighted by Gasteiger charge is -2.04. The van der Waals surface area contributed by atoms with Crippen molar-refractivity contribution in [1.29, 1.82) is 0 Å². The Labute approximate surface area is 120 Å². The van der Waals surface area contributed by atoms with Gasteiger partial charge in [-0.05, 0) is 29.8 Å². The Morgan fingerprint density at radius 1 is 1.26 bits per heavy atom. The van der Waals surface area contributed by atoms with Crippen molar-refractivity contribution in [1.82, 2.24) is 9.55 Å². The second-order valence-electron chi connectivity index (χ2n) is 4.52. The summed E-state index contributed by atoms with van der Waals surface area (Å²) in [7, 11) is 2.06. The summed E-state index contributed by atoms with van der Waals surface area (Å²) in [6.07, 6.45) is 1.84. The molecule has 19 heavy (non-hydrogen) atoms. The maximum Gasteiger partial charge on any atom is 0.0866 e. The molecule has 0 saturated heterocycles. The maximum absolute atomic E-state index is 5.60. The van der Waals surface area contributed by atoms with Gasteiger partial charge in [0.1, 0.15) is 0 Å². The van der Waals surface area contributed by atoms with E-state index >= 15 is 0 Å². The molecule has 0 aliphatic heterocycles. The first-order valence-corrected chi connectivity index (χ1v) is 6.89. The molecule has 2 heterocycles. The third kappa shape index (κ3) is 2.07. The van der Waals surface area contributed by atoms with E-state index in [1.54, 1.807) is 0 Å². The van der Waals surface area contributed by atoms with Crippen LogP contribution in [-0.4, -0.2) is 9.55 Å². The van der Waals surface area contributed by atoms with Crippen molar-refractivity contribution in [3.63, 3.8) is 0 Å². The predicted molar refractivity (Wildman–Crippen MR) is 81.7 cm³/mol. The van der Waals surface area contributed by atoms with Crippen molar-refractivity contribution < 1.29 is 0 Å². The molecule has 2 aromatic heterocycles. The number of pyridine rings is 1. The smallest absolute Gasteiger partial charge is 0.0866 e. The van der Waals surface area contributed by atoms with Gasteiger partial charge in [-0.3, -0.25) is 4.98 Å². The molecule has 0 radical (unpaired) electrons. The molecule has 3 rings (SSSR count). The molecule has 4 heteroatoms. The van der Waals surface area contributed by atoms with Gasteiger partial charge in [0, 0.05) is 35.2 Å². The first kappa shape index (κ1) is 12.4. The number of aryl methyl sites for hydroxylation is 1. The van der Waals surface area contributed by atoms with Crippen LogP contribution >= 0.6 is 15.9 Å². The highest BCUT2D eigenvalue weighted by molar-refractivity contribution is 9.10. The van der Waals surface area contributed by atoms with Gasteiger partial charge in [0.25, 0.3) is 0 Å². The van der Waals surface area contributed by atoms with E-state index in [-0.39, 0.29) is 0 Å². The van der Waals surface area contributed by atoms with Gasteiger partial charge < -0.3 is 10.3 Å². The fourth-order valence-corrected chi connectivity index (χ4v) is 2.74. The van der Waals surface area contributed by atoms with Crippen molar-refractivity contribution in [2.24, 2.45) is 12.8 Å². The van der Waals surface area contributed by atoms with Crippen LogP contribution in [0.2, 0.25) is 0 Å². The largest absolute Gasteiger partial charge is 0.342 e. The molecule has 1 aromatic carbocycles. The number of nitrogens with zero attached hydrogens (tertiary/aromatic N) is 2. The topological polar surface area (TPSA) is 43.8 Å². The van der Waals surface area contributed by atoms with Crippen LogP contribution < -0.4 is 5.73 Å². The average Bonchev–Trinajstić information content (AvgIpc) is 2.78. The van der Waals surface area contributed by atoms with Gasteiger partial charge >= 0.3 is 0 Å². The zero-order valence-corrected chi connectivity index (χ0v) is 12.2. The Balaban J connectivity index is 2.19. The van der Waals surface area contributed by atoms with Gasteiger partial charge in [0.2, 0.25) is 0 Å². The quantitative estimate of drug-likeness (QED) is 0.787. The van der Waals surface area contributed by atoms with Crippen molar-refractivity contribution in [3.05, 3.63) is 52.6 Å². The normalized spacial score (nSPS) is 11.1. The summed E-state index contributed by atoms with van der Waals surface area (Å²) < 4.78 is 3.26. The van der Waals surface area contributed by atoms with Crippen LogP contribution in [0.15, 0.2) is 47.1 Å². The minimum atomic E-state index is 0.522. The van der Waals surface area contributed by atoms with Crippen LogP contribution in [0.4, 0.5) is 0 Å². The fraction of sp³-hybridized carbons (Fsp3) is 0.133. The first-order chi connectivity index (χ1) is 9.20. The molecule has 96 valence electrons. The zero-order chi connectivity index (χ0) is 13.4. The molecule has 0 bridgehead atoms. The van der Waals surface area contributed by atoms with Gasteiger partial charge in [0.15, 0.2) is 0 Å². The summed E-state index contributed by atoms with van der Waals surface area (Å²) in [4.78, 5) is 4.49. The molecule has 0 amide bonds. The fourth-order valence-electron chi connectivity index (χ4n) is 2.27. The maximum atomic E-state index is 5.60. The molecule has 0 aliphatic carbocycles. The Bertz CT molecular complexity index is 729. The van der Waals surface area contributed by atoms with Crippen LogP contribution in [-0.2, 0) is 13.6 Å². The first-order valence-electron chi connectivity index (χ1n) is 6.10. The van der Waals surface area contributed by atoms with Crippen molar-refractivity contribution >= 4 is 26.8 Å². The minimum Gasteiger partial charge on any atom is -0.342 e. The highest BCUT2D eigenvalue weighted by atomic mass is 79.9. The summed E-state index contributed by atoms with van der Waals surface area (Å²) >= 11 is 3.59. The van der Waals surface area contributed by atoms with Gasteiger partial charge in [-0.1, -0.05) is 28.1 Å². The van der Waals surface area contributed by atoms with E-state index in [0.717, 1.165) is 21.4 Å². The van der Waals surface area contributed by atoms with E-state index in [1.165, 1.54) is 10.9 Å². The Hall–Kier alpha value is -1.65. The van der Waals surface area contributed by atoms with E-state index in [9.17, 15) is 0 Å². The lowest BCUT2D eigenvalue weighted by atomic mass is 10.2. The summed E-state index contributed by atoms with van der Waals surface area (Å²) in [6.45, 7) is 0.522. The third-order valence-corrected chi connectivity index (χ3v) is 4.05. The van der Waals surface area contributed by atoms with Crippen LogP contribution in [0.25, 0.3) is 22.3 Å². The number of hydrogen-bond donors (Lipinski definition) is 1. The third-order valence-electron chi connectivity index (χ3n) is 3.36. The zero-order valence-electron chi connectivity index (χ0n) is 10.6. The van der Waals surface area contributed by atoms with Crippen LogP contribution in [0.5, 0.6) is 0 Å².